The zero-order chi connectivity index (χ0) is 23.6. The highest BCUT2D eigenvalue weighted by atomic mass is 16.5. The minimum atomic E-state index is -0.136. The monoisotopic (exact) mass is 444 g/mol. The Morgan fingerprint density at radius 1 is 0.818 bits per heavy atom. The molecule has 0 amide bonds. The summed E-state index contributed by atoms with van der Waals surface area (Å²) < 4.78 is 22.1. The minimum Gasteiger partial charge on any atom is -0.496 e. The van der Waals surface area contributed by atoms with E-state index >= 15 is 0 Å². The molecule has 3 rings (SSSR count). The van der Waals surface area contributed by atoms with Crippen molar-refractivity contribution in [1.29, 1.82) is 0 Å². The Hall–Kier alpha value is -3.99. The second-order valence-electron chi connectivity index (χ2n) is 7.23. The second kappa shape index (κ2) is 11.6. The number of methoxy groups -OCH3 is 3. The van der Waals surface area contributed by atoms with Crippen molar-refractivity contribution in [2.45, 2.75) is 13.0 Å². The third kappa shape index (κ3) is 6.04. The van der Waals surface area contributed by atoms with E-state index in [0.717, 1.165) is 34.6 Å². The van der Waals surface area contributed by atoms with Gasteiger partial charge in [-0.2, -0.15) is 0 Å². The number of hydrogen-bond donors (Lipinski definition) is 0. The molecule has 33 heavy (non-hydrogen) atoms. The lowest BCUT2D eigenvalue weighted by atomic mass is 10.1. The lowest BCUT2D eigenvalue weighted by Crippen LogP contribution is -2.01. The molecule has 3 aromatic carbocycles. The van der Waals surface area contributed by atoms with Crippen molar-refractivity contribution < 1.29 is 23.7 Å². The second-order valence-corrected chi connectivity index (χ2v) is 7.23. The van der Waals surface area contributed by atoms with Crippen molar-refractivity contribution in [3.05, 3.63) is 102 Å². The van der Waals surface area contributed by atoms with E-state index in [1.807, 2.05) is 48.5 Å². The Morgan fingerprint density at radius 2 is 1.55 bits per heavy atom. The summed E-state index contributed by atoms with van der Waals surface area (Å²) in [7, 11) is 4.72. The molecule has 0 aliphatic rings. The van der Waals surface area contributed by atoms with E-state index in [-0.39, 0.29) is 5.78 Å². The van der Waals surface area contributed by atoms with Gasteiger partial charge in [0.15, 0.2) is 17.3 Å². The lowest BCUT2D eigenvalue weighted by molar-refractivity contribution is 0.104. The molecule has 0 aliphatic carbocycles. The van der Waals surface area contributed by atoms with Crippen LogP contribution < -0.4 is 18.9 Å². The van der Waals surface area contributed by atoms with Crippen LogP contribution in [-0.2, 0) is 13.0 Å². The van der Waals surface area contributed by atoms with Gasteiger partial charge < -0.3 is 18.9 Å². The Morgan fingerprint density at radius 3 is 2.27 bits per heavy atom. The summed E-state index contributed by atoms with van der Waals surface area (Å²) in [6.07, 6.45) is 5.89. The van der Waals surface area contributed by atoms with Gasteiger partial charge in [-0.25, -0.2) is 0 Å². The topological polar surface area (TPSA) is 54.0 Å². The van der Waals surface area contributed by atoms with Gasteiger partial charge in [0.1, 0.15) is 18.1 Å². The van der Waals surface area contributed by atoms with Crippen LogP contribution >= 0.6 is 0 Å². The Balaban J connectivity index is 1.77. The predicted molar refractivity (Wildman–Crippen MR) is 131 cm³/mol. The van der Waals surface area contributed by atoms with E-state index < -0.39 is 0 Å². The molecule has 0 fully saturated rings. The first-order valence-electron chi connectivity index (χ1n) is 10.5. The SMILES string of the molecule is C=CCc1ccccc1OCc1cc(/C=C/C(=O)c2ccc(OC)c(OC)c2)ccc1OC. The fourth-order valence-electron chi connectivity index (χ4n) is 3.40. The maximum absolute atomic E-state index is 12.7. The molecular formula is C28H28O5. The summed E-state index contributed by atoms with van der Waals surface area (Å²) in [5, 5.41) is 0. The number of carbonyl (C=O) groups excluding carboxylic acids is 1. The lowest BCUT2D eigenvalue weighted by Gasteiger charge is -2.13. The number of hydrogen-bond acceptors (Lipinski definition) is 5. The van der Waals surface area contributed by atoms with Gasteiger partial charge in [-0.1, -0.05) is 36.4 Å². The van der Waals surface area contributed by atoms with Gasteiger partial charge >= 0.3 is 0 Å². The smallest absolute Gasteiger partial charge is 0.185 e. The average molecular weight is 445 g/mol. The fraction of sp³-hybridized carbons (Fsp3) is 0.179. The summed E-state index contributed by atoms with van der Waals surface area (Å²) in [6.45, 7) is 4.14. The summed E-state index contributed by atoms with van der Waals surface area (Å²) >= 11 is 0. The molecule has 0 spiro atoms. The first kappa shape index (κ1) is 23.7. The van der Waals surface area contributed by atoms with E-state index in [2.05, 4.69) is 6.58 Å². The van der Waals surface area contributed by atoms with Crippen LogP contribution in [0.1, 0.15) is 27.0 Å². The normalized spacial score (nSPS) is 10.6. The van der Waals surface area contributed by atoms with Crippen LogP contribution in [0, 0.1) is 0 Å². The molecule has 0 bridgehead atoms. The molecule has 0 saturated carbocycles. The van der Waals surface area contributed by atoms with E-state index in [4.69, 9.17) is 18.9 Å². The minimum absolute atomic E-state index is 0.136. The molecule has 0 unspecified atom stereocenters. The number of carbonyl (C=O) groups is 1. The molecule has 5 nitrogen and oxygen atoms in total. The van der Waals surface area contributed by atoms with Crippen LogP contribution in [0.4, 0.5) is 0 Å². The molecule has 0 heterocycles. The molecule has 0 atom stereocenters. The molecule has 0 saturated heterocycles. The number of rotatable bonds is 11. The van der Waals surface area contributed by atoms with Crippen LogP contribution in [0.15, 0.2) is 79.4 Å². The highest BCUT2D eigenvalue weighted by Gasteiger charge is 2.10. The van der Waals surface area contributed by atoms with Crippen molar-refractivity contribution >= 4 is 11.9 Å². The summed E-state index contributed by atoms with van der Waals surface area (Å²) in [5.74, 6) is 2.48. The zero-order valence-electron chi connectivity index (χ0n) is 19.2. The quantitative estimate of drug-likeness (QED) is 0.209. The molecule has 0 radical (unpaired) electrons. The molecule has 5 heteroatoms. The highest BCUT2D eigenvalue weighted by Crippen LogP contribution is 2.28. The largest absolute Gasteiger partial charge is 0.496 e. The number of benzene rings is 3. The number of allylic oxidation sites excluding steroid dienone is 2. The third-order valence-electron chi connectivity index (χ3n) is 5.12. The van der Waals surface area contributed by atoms with E-state index in [0.29, 0.717) is 23.7 Å². The molecule has 0 aliphatic heterocycles. The maximum atomic E-state index is 12.7. The summed E-state index contributed by atoms with van der Waals surface area (Å²) in [5.41, 5.74) is 3.33. The van der Waals surface area contributed by atoms with E-state index in [9.17, 15) is 4.79 Å². The number of ether oxygens (including phenoxy) is 4. The Labute approximate surface area is 194 Å². The summed E-state index contributed by atoms with van der Waals surface area (Å²) in [4.78, 5) is 12.7. The molecular weight excluding hydrogens is 416 g/mol. The van der Waals surface area contributed by atoms with Gasteiger partial charge in [-0.05, 0) is 60.0 Å². The van der Waals surface area contributed by atoms with Crippen LogP contribution in [0.25, 0.3) is 6.08 Å². The molecule has 3 aromatic rings. The highest BCUT2D eigenvalue weighted by molar-refractivity contribution is 6.07. The first-order valence-corrected chi connectivity index (χ1v) is 10.5. The van der Waals surface area contributed by atoms with Crippen LogP contribution in [0.5, 0.6) is 23.0 Å². The van der Waals surface area contributed by atoms with Gasteiger partial charge in [0.05, 0.1) is 21.3 Å². The van der Waals surface area contributed by atoms with Crippen molar-refractivity contribution in [2.75, 3.05) is 21.3 Å². The number of ketones is 1. The van der Waals surface area contributed by atoms with Gasteiger partial charge in [0.25, 0.3) is 0 Å². The predicted octanol–water partition coefficient (Wildman–Crippen LogP) is 5.92. The van der Waals surface area contributed by atoms with E-state index in [1.165, 1.54) is 6.08 Å². The van der Waals surface area contributed by atoms with Gasteiger partial charge in [0.2, 0.25) is 0 Å². The van der Waals surface area contributed by atoms with Gasteiger partial charge in [-0.15, -0.1) is 6.58 Å². The zero-order valence-corrected chi connectivity index (χ0v) is 19.2. The van der Waals surface area contributed by atoms with Gasteiger partial charge in [-0.3, -0.25) is 4.79 Å². The third-order valence-corrected chi connectivity index (χ3v) is 5.12. The fourth-order valence-corrected chi connectivity index (χ4v) is 3.40. The van der Waals surface area contributed by atoms with E-state index in [1.54, 1.807) is 45.6 Å². The molecule has 170 valence electrons. The van der Waals surface area contributed by atoms with Crippen molar-refractivity contribution in [3.8, 4) is 23.0 Å². The molecule has 0 aromatic heterocycles. The maximum Gasteiger partial charge on any atom is 0.185 e. The summed E-state index contributed by atoms with van der Waals surface area (Å²) in [6, 6.07) is 18.7. The Kier molecular flexibility index (Phi) is 8.30. The number of para-hydroxylation sites is 1. The molecule has 0 N–H and O–H groups in total. The van der Waals surface area contributed by atoms with Crippen LogP contribution in [0.2, 0.25) is 0 Å². The van der Waals surface area contributed by atoms with Crippen LogP contribution in [0.3, 0.4) is 0 Å². The standard InChI is InChI=1S/C28H28O5/c1-5-8-21-9-6-7-10-26(21)33-19-23-17-20(12-15-25(23)30-2)11-14-24(29)22-13-16-27(31-3)28(18-22)32-4/h5-7,9-18H,1,8,19H2,2-4H3/b14-11+. The first-order chi connectivity index (χ1) is 16.1. The van der Waals surface area contributed by atoms with Crippen molar-refractivity contribution in [2.24, 2.45) is 0 Å². The average Bonchev–Trinajstić information content (AvgIpc) is 2.86. The van der Waals surface area contributed by atoms with Gasteiger partial charge in [0, 0.05) is 11.1 Å². The van der Waals surface area contributed by atoms with Crippen molar-refractivity contribution in [3.63, 3.8) is 0 Å². The Bertz CT molecular complexity index is 1150. The van der Waals surface area contributed by atoms with Crippen molar-refractivity contribution in [1.82, 2.24) is 0 Å². The van der Waals surface area contributed by atoms with Crippen LogP contribution in [-0.4, -0.2) is 27.1 Å².